The molecule has 1 aliphatic rings. The van der Waals surface area contributed by atoms with Crippen molar-refractivity contribution in [3.63, 3.8) is 0 Å². The Morgan fingerprint density at radius 3 is 2.78 bits per heavy atom. The standard InChI is InChI=1S/C16H22N6.HI/c1-4-17-16(18-11-15-20-19-12(2)21(15)3)22-10-9-13-7-5-6-8-14(13)22;/h5-8H,4,9-11H2,1-3H3,(H,17,18);1H. The van der Waals surface area contributed by atoms with E-state index in [0.717, 1.165) is 37.1 Å². The third-order valence-electron chi connectivity index (χ3n) is 4.03. The molecule has 1 N–H and O–H groups in total. The molecule has 7 heteroatoms. The first-order valence-corrected chi connectivity index (χ1v) is 7.69. The number of nitrogens with zero attached hydrogens (tertiary/aromatic N) is 5. The van der Waals surface area contributed by atoms with E-state index in [1.807, 2.05) is 18.5 Å². The fourth-order valence-electron chi connectivity index (χ4n) is 2.69. The molecule has 0 saturated carbocycles. The van der Waals surface area contributed by atoms with Crippen molar-refractivity contribution in [1.82, 2.24) is 20.1 Å². The maximum absolute atomic E-state index is 4.75. The summed E-state index contributed by atoms with van der Waals surface area (Å²) in [7, 11) is 1.97. The Balaban J connectivity index is 0.00000192. The Kier molecular flexibility index (Phi) is 5.97. The van der Waals surface area contributed by atoms with Crippen molar-refractivity contribution >= 4 is 35.6 Å². The number of aryl methyl sites for hydroxylation is 1. The van der Waals surface area contributed by atoms with Crippen LogP contribution in [-0.2, 0) is 20.0 Å². The quantitative estimate of drug-likeness (QED) is 0.465. The highest BCUT2D eigenvalue weighted by atomic mass is 127. The summed E-state index contributed by atoms with van der Waals surface area (Å²) in [5.74, 6) is 2.69. The van der Waals surface area contributed by atoms with Crippen molar-refractivity contribution in [1.29, 1.82) is 0 Å². The molecule has 0 saturated heterocycles. The van der Waals surface area contributed by atoms with Gasteiger partial charge in [-0.3, -0.25) is 0 Å². The lowest BCUT2D eigenvalue weighted by Gasteiger charge is -2.22. The van der Waals surface area contributed by atoms with Crippen LogP contribution < -0.4 is 10.2 Å². The zero-order chi connectivity index (χ0) is 15.5. The molecule has 0 bridgehead atoms. The molecule has 3 rings (SSSR count). The first-order valence-electron chi connectivity index (χ1n) is 7.69. The van der Waals surface area contributed by atoms with Crippen molar-refractivity contribution < 1.29 is 0 Å². The van der Waals surface area contributed by atoms with Crippen LogP contribution in [0.25, 0.3) is 0 Å². The fraction of sp³-hybridized carbons (Fsp3) is 0.438. The van der Waals surface area contributed by atoms with Gasteiger partial charge in [-0.05, 0) is 31.9 Å². The molecule has 0 unspecified atom stereocenters. The molecular formula is C16H23IN6. The molecule has 6 nitrogen and oxygen atoms in total. The summed E-state index contributed by atoms with van der Waals surface area (Å²) in [4.78, 5) is 7.00. The van der Waals surface area contributed by atoms with E-state index in [1.165, 1.54) is 11.3 Å². The summed E-state index contributed by atoms with van der Waals surface area (Å²) in [5.41, 5.74) is 2.62. The number of halogens is 1. The lowest BCUT2D eigenvalue weighted by atomic mass is 10.2. The minimum atomic E-state index is 0. The summed E-state index contributed by atoms with van der Waals surface area (Å²) in [6.07, 6.45) is 1.06. The summed E-state index contributed by atoms with van der Waals surface area (Å²) < 4.78 is 1.98. The van der Waals surface area contributed by atoms with Crippen LogP contribution in [0.3, 0.4) is 0 Å². The Labute approximate surface area is 154 Å². The van der Waals surface area contributed by atoms with Crippen LogP contribution in [0, 0.1) is 6.92 Å². The first kappa shape index (κ1) is 17.7. The molecule has 2 heterocycles. The van der Waals surface area contributed by atoms with Gasteiger partial charge in [-0.1, -0.05) is 18.2 Å². The van der Waals surface area contributed by atoms with Crippen molar-refractivity contribution in [2.75, 3.05) is 18.0 Å². The number of hydrogen-bond acceptors (Lipinski definition) is 3. The van der Waals surface area contributed by atoms with Gasteiger partial charge in [0.25, 0.3) is 0 Å². The third-order valence-corrected chi connectivity index (χ3v) is 4.03. The van der Waals surface area contributed by atoms with E-state index < -0.39 is 0 Å². The van der Waals surface area contributed by atoms with E-state index in [-0.39, 0.29) is 24.0 Å². The van der Waals surface area contributed by atoms with Gasteiger partial charge in [0.05, 0.1) is 0 Å². The van der Waals surface area contributed by atoms with Crippen molar-refractivity contribution in [3.8, 4) is 0 Å². The van der Waals surface area contributed by atoms with Gasteiger partial charge < -0.3 is 14.8 Å². The molecule has 0 fully saturated rings. The molecule has 2 aromatic rings. The molecule has 0 aliphatic carbocycles. The number of hydrogen-bond donors (Lipinski definition) is 1. The highest BCUT2D eigenvalue weighted by molar-refractivity contribution is 14.0. The van der Waals surface area contributed by atoms with E-state index in [4.69, 9.17) is 4.99 Å². The van der Waals surface area contributed by atoms with Gasteiger partial charge >= 0.3 is 0 Å². The van der Waals surface area contributed by atoms with Gasteiger partial charge in [0, 0.05) is 25.8 Å². The van der Waals surface area contributed by atoms with Crippen molar-refractivity contribution in [2.45, 2.75) is 26.8 Å². The number of nitrogens with one attached hydrogen (secondary N) is 1. The number of aromatic nitrogens is 3. The number of benzene rings is 1. The molecule has 1 aromatic heterocycles. The monoisotopic (exact) mass is 426 g/mol. The second-order valence-electron chi connectivity index (χ2n) is 5.42. The minimum Gasteiger partial charge on any atom is -0.356 e. The highest BCUT2D eigenvalue weighted by Crippen LogP contribution is 2.27. The SMILES string of the molecule is CCNC(=NCc1nnc(C)n1C)N1CCc2ccccc21.I. The molecule has 0 atom stereocenters. The van der Waals surface area contributed by atoms with Gasteiger partial charge in [0.15, 0.2) is 11.8 Å². The average Bonchev–Trinajstić information content (AvgIpc) is 3.09. The molecule has 1 aromatic carbocycles. The van der Waals surface area contributed by atoms with E-state index in [2.05, 4.69) is 51.6 Å². The van der Waals surface area contributed by atoms with Gasteiger partial charge in [-0.2, -0.15) is 0 Å². The minimum absolute atomic E-state index is 0. The van der Waals surface area contributed by atoms with Crippen LogP contribution in [0.1, 0.15) is 24.1 Å². The lowest BCUT2D eigenvalue weighted by molar-refractivity contribution is 0.766. The van der Waals surface area contributed by atoms with Crippen LogP contribution >= 0.6 is 24.0 Å². The summed E-state index contributed by atoms with van der Waals surface area (Å²) in [6, 6.07) is 8.51. The Morgan fingerprint density at radius 1 is 1.30 bits per heavy atom. The van der Waals surface area contributed by atoms with E-state index in [0.29, 0.717) is 6.54 Å². The zero-order valence-corrected chi connectivity index (χ0v) is 16.1. The highest BCUT2D eigenvalue weighted by Gasteiger charge is 2.22. The molecule has 1 aliphatic heterocycles. The maximum Gasteiger partial charge on any atom is 0.198 e. The third kappa shape index (κ3) is 3.65. The summed E-state index contributed by atoms with van der Waals surface area (Å²) in [6.45, 7) is 6.36. The van der Waals surface area contributed by atoms with E-state index in [1.54, 1.807) is 0 Å². The molecule has 0 radical (unpaired) electrons. The van der Waals surface area contributed by atoms with Crippen LogP contribution in [-0.4, -0.2) is 33.8 Å². The van der Waals surface area contributed by atoms with Crippen LogP contribution in [0.4, 0.5) is 5.69 Å². The zero-order valence-electron chi connectivity index (χ0n) is 13.8. The average molecular weight is 426 g/mol. The van der Waals surface area contributed by atoms with Crippen molar-refractivity contribution in [3.05, 3.63) is 41.5 Å². The van der Waals surface area contributed by atoms with Crippen LogP contribution in [0.15, 0.2) is 29.3 Å². The fourth-order valence-corrected chi connectivity index (χ4v) is 2.69. The maximum atomic E-state index is 4.75. The molecule has 23 heavy (non-hydrogen) atoms. The van der Waals surface area contributed by atoms with Crippen molar-refractivity contribution in [2.24, 2.45) is 12.0 Å². The number of aliphatic imine (C=N–C) groups is 1. The second kappa shape index (κ2) is 7.76. The van der Waals surface area contributed by atoms with Crippen LogP contribution in [0.2, 0.25) is 0 Å². The number of rotatable bonds is 3. The Morgan fingerprint density at radius 2 is 2.09 bits per heavy atom. The lowest BCUT2D eigenvalue weighted by Crippen LogP contribution is -2.40. The Hall–Kier alpha value is -1.64. The summed E-state index contributed by atoms with van der Waals surface area (Å²) >= 11 is 0. The topological polar surface area (TPSA) is 58.3 Å². The largest absolute Gasteiger partial charge is 0.356 e. The number of fused-ring (bicyclic) bond motifs is 1. The van der Waals surface area contributed by atoms with E-state index >= 15 is 0 Å². The summed E-state index contributed by atoms with van der Waals surface area (Å²) in [5, 5.41) is 11.6. The number of para-hydroxylation sites is 1. The normalized spacial score (nSPS) is 13.7. The molecule has 0 amide bonds. The predicted molar refractivity (Wildman–Crippen MR) is 103 cm³/mol. The van der Waals surface area contributed by atoms with Gasteiger partial charge in [-0.15, -0.1) is 34.2 Å². The first-order chi connectivity index (χ1) is 10.7. The second-order valence-corrected chi connectivity index (χ2v) is 5.42. The van der Waals surface area contributed by atoms with Gasteiger partial charge in [0.1, 0.15) is 12.4 Å². The molecule has 124 valence electrons. The number of anilines is 1. The number of guanidine groups is 1. The van der Waals surface area contributed by atoms with E-state index in [9.17, 15) is 0 Å². The Bertz CT molecular complexity index is 694. The predicted octanol–water partition coefficient (Wildman–Crippen LogP) is 2.27. The molecular weight excluding hydrogens is 403 g/mol. The van der Waals surface area contributed by atoms with Gasteiger partial charge in [0.2, 0.25) is 0 Å². The van der Waals surface area contributed by atoms with Gasteiger partial charge in [-0.25, -0.2) is 4.99 Å². The molecule has 0 spiro atoms. The van der Waals surface area contributed by atoms with Crippen LogP contribution in [0.5, 0.6) is 0 Å². The smallest absolute Gasteiger partial charge is 0.198 e.